The third-order valence-electron chi connectivity index (χ3n) is 6.25. The molecule has 2 aliphatic heterocycles. The number of rotatable bonds is 8. The topological polar surface area (TPSA) is 136 Å². The molecule has 0 radical (unpaired) electrons. The van der Waals surface area contributed by atoms with Crippen LogP contribution in [0.15, 0.2) is 47.8 Å². The average molecular weight is 539 g/mol. The molecule has 11 nitrogen and oxygen atoms in total. The molecule has 3 aromatic rings. The van der Waals surface area contributed by atoms with Gasteiger partial charge in [-0.2, -0.15) is 0 Å². The lowest BCUT2D eigenvalue weighted by Crippen LogP contribution is -2.36. The van der Waals surface area contributed by atoms with Crippen molar-refractivity contribution >= 4 is 38.8 Å². The molecule has 0 aliphatic carbocycles. The van der Waals surface area contributed by atoms with Crippen molar-refractivity contribution in [3.63, 3.8) is 0 Å². The van der Waals surface area contributed by atoms with Gasteiger partial charge in [0.2, 0.25) is 5.91 Å². The summed E-state index contributed by atoms with van der Waals surface area (Å²) in [6, 6.07) is 8.98. The van der Waals surface area contributed by atoms with Crippen LogP contribution in [0.5, 0.6) is 5.75 Å². The van der Waals surface area contributed by atoms with Gasteiger partial charge in [0.25, 0.3) is 0 Å². The Hall–Kier alpha value is -3.77. The van der Waals surface area contributed by atoms with Gasteiger partial charge in [0.05, 0.1) is 48.1 Å². The van der Waals surface area contributed by atoms with Crippen LogP contribution in [0.4, 0.5) is 23.0 Å². The van der Waals surface area contributed by atoms with Crippen molar-refractivity contribution in [1.29, 1.82) is 0 Å². The zero-order chi connectivity index (χ0) is 27.0. The van der Waals surface area contributed by atoms with Gasteiger partial charge in [0, 0.05) is 49.7 Å². The highest BCUT2D eigenvalue weighted by Gasteiger charge is 2.39. The molecule has 0 aromatic carbocycles. The second kappa shape index (κ2) is 10.2. The first kappa shape index (κ1) is 25.9. The fourth-order valence-corrected chi connectivity index (χ4v) is 5.25. The van der Waals surface area contributed by atoms with E-state index >= 15 is 0 Å². The van der Waals surface area contributed by atoms with E-state index in [2.05, 4.69) is 25.5 Å². The summed E-state index contributed by atoms with van der Waals surface area (Å²) >= 11 is 0. The first-order chi connectivity index (χ1) is 18.0. The molecule has 5 heterocycles. The maximum Gasteiger partial charge on any atom is 0.222 e. The molecule has 200 valence electrons. The number of morpholine rings is 1. The van der Waals surface area contributed by atoms with Crippen molar-refractivity contribution in [1.82, 2.24) is 15.0 Å². The highest BCUT2D eigenvalue weighted by Crippen LogP contribution is 2.35. The van der Waals surface area contributed by atoms with E-state index in [0.717, 1.165) is 31.5 Å². The third kappa shape index (κ3) is 5.70. The Bertz CT molecular complexity index is 1460. The number of amides is 1. The minimum atomic E-state index is -3.61. The number of pyridine rings is 3. The summed E-state index contributed by atoms with van der Waals surface area (Å²) in [4.78, 5) is 27.3. The number of carbonyl (C=O) groups excluding carboxylic acids is 1. The van der Waals surface area contributed by atoms with Crippen LogP contribution in [-0.4, -0.2) is 66.9 Å². The van der Waals surface area contributed by atoms with Crippen LogP contribution in [0, 0.1) is 0 Å². The number of ether oxygens (including phenoxy) is 2. The molecule has 2 fully saturated rings. The fourth-order valence-electron chi connectivity index (χ4n) is 4.66. The van der Waals surface area contributed by atoms with E-state index < -0.39 is 9.84 Å². The first-order valence-electron chi connectivity index (χ1n) is 12.3. The minimum Gasteiger partial charge on any atom is -0.491 e. The van der Waals surface area contributed by atoms with Gasteiger partial charge in [-0.15, -0.1) is 0 Å². The van der Waals surface area contributed by atoms with Crippen molar-refractivity contribution < 1.29 is 22.7 Å². The molecule has 0 saturated carbocycles. The van der Waals surface area contributed by atoms with E-state index in [1.165, 1.54) is 13.0 Å². The van der Waals surface area contributed by atoms with Gasteiger partial charge in [-0.3, -0.25) is 9.78 Å². The predicted octanol–water partition coefficient (Wildman–Crippen LogP) is 3.41. The Morgan fingerprint density at radius 3 is 2.58 bits per heavy atom. The van der Waals surface area contributed by atoms with Gasteiger partial charge < -0.3 is 25.0 Å². The van der Waals surface area contributed by atoms with Gasteiger partial charge in [0.15, 0.2) is 14.9 Å². The van der Waals surface area contributed by atoms with Crippen molar-refractivity contribution in [2.45, 2.75) is 50.5 Å². The number of nitrogens with zero attached hydrogens (tertiary/aromatic N) is 4. The van der Waals surface area contributed by atoms with Gasteiger partial charge in [0.1, 0.15) is 17.4 Å². The van der Waals surface area contributed by atoms with E-state index in [1.807, 2.05) is 32.2 Å². The highest BCUT2D eigenvalue weighted by molar-refractivity contribution is 7.90. The second-order valence-electron chi connectivity index (χ2n) is 9.79. The molecule has 2 unspecified atom stereocenters. The van der Waals surface area contributed by atoms with Crippen LogP contribution in [0.25, 0.3) is 11.3 Å². The fraction of sp³-hybridized carbons (Fsp3) is 0.385. The number of aromatic nitrogens is 3. The molecule has 38 heavy (non-hydrogen) atoms. The predicted molar refractivity (Wildman–Crippen MR) is 144 cm³/mol. The summed E-state index contributed by atoms with van der Waals surface area (Å²) in [6.45, 7) is 6.69. The molecule has 0 spiro atoms. The van der Waals surface area contributed by atoms with Crippen LogP contribution in [-0.2, 0) is 19.4 Å². The van der Waals surface area contributed by atoms with Crippen LogP contribution in [0.2, 0.25) is 0 Å². The normalized spacial score (nSPS) is 18.6. The lowest BCUT2D eigenvalue weighted by molar-refractivity contribution is -0.114. The first-order valence-corrected chi connectivity index (χ1v) is 14.2. The highest BCUT2D eigenvalue weighted by atomic mass is 32.2. The Labute approximate surface area is 221 Å². The molecule has 1 amide bonds. The van der Waals surface area contributed by atoms with E-state index in [9.17, 15) is 13.2 Å². The van der Waals surface area contributed by atoms with E-state index in [4.69, 9.17) is 14.5 Å². The second-order valence-corrected chi connectivity index (χ2v) is 11.7. The standard InChI is InChI=1S/C26H30N6O5S/c1-15(2)37-19-8-25(31-26(9-19)38(4,34)35)30-23-10-24(29-16(3)33)28-12-21(23)22-6-5-17(11-27-22)32-13-20-7-18(32)14-36-20/h5-6,8-12,15,18,20H,7,13-14H2,1-4H3,(H2,28,29,30,31,33). The van der Waals surface area contributed by atoms with Gasteiger partial charge >= 0.3 is 0 Å². The van der Waals surface area contributed by atoms with Crippen molar-refractivity contribution in [3.8, 4) is 17.0 Å². The number of anilines is 4. The van der Waals surface area contributed by atoms with Gasteiger partial charge in [-0.1, -0.05) is 0 Å². The maximum atomic E-state index is 12.3. The van der Waals surface area contributed by atoms with Crippen molar-refractivity contribution in [2.24, 2.45) is 0 Å². The molecular weight excluding hydrogens is 508 g/mol. The molecule has 2 N–H and O–H groups in total. The zero-order valence-corrected chi connectivity index (χ0v) is 22.4. The van der Waals surface area contributed by atoms with Gasteiger partial charge in [-0.25, -0.2) is 18.4 Å². The molecule has 5 rings (SSSR count). The summed E-state index contributed by atoms with van der Waals surface area (Å²) < 4.78 is 36.1. The number of carbonyl (C=O) groups is 1. The van der Waals surface area contributed by atoms with Crippen LogP contribution >= 0.6 is 0 Å². The summed E-state index contributed by atoms with van der Waals surface area (Å²) in [5.41, 5.74) is 2.86. The number of hydrogen-bond acceptors (Lipinski definition) is 10. The summed E-state index contributed by atoms with van der Waals surface area (Å²) in [7, 11) is -3.61. The molecule has 2 saturated heterocycles. The number of sulfone groups is 1. The Morgan fingerprint density at radius 2 is 1.97 bits per heavy atom. The largest absolute Gasteiger partial charge is 0.491 e. The molecule has 2 bridgehead atoms. The monoisotopic (exact) mass is 538 g/mol. The Kier molecular flexibility index (Phi) is 6.93. The Balaban J connectivity index is 1.51. The molecule has 2 atom stereocenters. The lowest BCUT2D eigenvalue weighted by Gasteiger charge is -2.28. The third-order valence-corrected chi connectivity index (χ3v) is 7.22. The maximum absolute atomic E-state index is 12.3. The Morgan fingerprint density at radius 1 is 1.16 bits per heavy atom. The van der Waals surface area contributed by atoms with Crippen LogP contribution < -0.4 is 20.3 Å². The number of hydrogen-bond donors (Lipinski definition) is 2. The van der Waals surface area contributed by atoms with Crippen molar-refractivity contribution in [3.05, 3.63) is 42.7 Å². The minimum absolute atomic E-state index is 0.123. The van der Waals surface area contributed by atoms with E-state index in [0.29, 0.717) is 34.6 Å². The summed E-state index contributed by atoms with van der Waals surface area (Å²) in [6.07, 6.45) is 5.67. The lowest BCUT2D eigenvalue weighted by atomic mass is 10.1. The van der Waals surface area contributed by atoms with E-state index in [1.54, 1.807) is 18.3 Å². The van der Waals surface area contributed by atoms with Gasteiger partial charge in [-0.05, 0) is 32.4 Å². The quantitative estimate of drug-likeness (QED) is 0.439. The number of fused-ring (bicyclic) bond motifs is 2. The molecular formula is C26H30N6O5S. The number of nitrogens with one attached hydrogen (secondary N) is 2. The SMILES string of the molecule is CC(=O)Nc1cc(Nc2cc(OC(C)C)cc(S(C)(=O)=O)n2)c(-c2ccc(N3CC4CC3CO4)cn2)cn1. The van der Waals surface area contributed by atoms with E-state index in [-0.39, 0.29) is 29.0 Å². The van der Waals surface area contributed by atoms with Crippen LogP contribution in [0.3, 0.4) is 0 Å². The molecule has 12 heteroatoms. The molecule has 3 aromatic heterocycles. The van der Waals surface area contributed by atoms with Crippen LogP contribution in [0.1, 0.15) is 27.2 Å². The van der Waals surface area contributed by atoms with Crippen molar-refractivity contribution in [2.75, 3.05) is 34.9 Å². The average Bonchev–Trinajstić information content (AvgIpc) is 3.47. The molecule has 2 aliphatic rings. The zero-order valence-electron chi connectivity index (χ0n) is 21.6. The summed E-state index contributed by atoms with van der Waals surface area (Å²) in [5.74, 6) is 0.676. The summed E-state index contributed by atoms with van der Waals surface area (Å²) in [5, 5.41) is 5.74. The smallest absolute Gasteiger partial charge is 0.222 e.